The van der Waals surface area contributed by atoms with E-state index < -0.39 is 0 Å². The number of nitrogens with one attached hydrogen (secondary N) is 3. The van der Waals surface area contributed by atoms with Gasteiger partial charge in [0.15, 0.2) is 0 Å². The summed E-state index contributed by atoms with van der Waals surface area (Å²) >= 11 is 6.07. The van der Waals surface area contributed by atoms with Gasteiger partial charge in [-0.1, -0.05) is 11.6 Å². The maximum Gasteiger partial charge on any atom is 0.206 e. The van der Waals surface area contributed by atoms with Gasteiger partial charge in [0.2, 0.25) is 5.96 Å². The van der Waals surface area contributed by atoms with Crippen LogP contribution < -0.4 is 11.2 Å². The summed E-state index contributed by atoms with van der Waals surface area (Å²) < 4.78 is 0. The topological polar surface area (TPSA) is 90.1 Å². The smallest absolute Gasteiger partial charge is 0.206 e. The molecule has 1 aliphatic carbocycles. The Morgan fingerprint density at radius 3 is 3.05 bits per heavy atom. The summed E-state index contributed by atoms with van der Waals surface area (Å²) in [6.45, 7) is 0. The van der Waals surface area contributed by atoms with Crippen molar-refractivity contribution < 1.29 is 0 Å². The summed E-state index contributed by atoms with van der Waals surface area (Å²) in [5.41, 5.74) is 12.1. The summed E-state index contributed by atoms with van der Waals surface area (Å²) in [4.78, 5) is 3.41. The first kappa shape index (κ1) is 12.0. The molecule has 3 rings (SSSR count). The molecular formula is C13H14ClN5. The Morgan fingerprint density at radius 2 is 2.26 bits per heavy atom. The third-order valence-corrected chi connectivity index (χ3v) is 3.51. The largest absolute Gasteiger partial charge is 0.369 e. The molecule has 1 aliphatic rings. The lowest BCUT2D eigenvalue weighted by molar-refractivity contribution is 0.811. The highest BCUT2D eigenvalue weighted by Crippen LogP contribution is 2.31. The predicted octanol–water partition coefficient (Wildman–Crippen LogP) is 2.34. The Morgan fingerprint density at radius 1 is 1.42 bits per heavy atom. The highest BCUT2D eigenvalue weighted by atomic mass is 35.5. The lowest BCUT2D eigenvalue weighted by atomic mass is 9.93. The van der Waals surface area contributed by atoms with E-state index in [4.69, 9.17) is 22.7 Å². The Hall–Kier alpha value is -2.01. The molecule has 1 aromatic carbocycles. The van der Waals surface area contributed by atoms with Crippen LogP contribution >= 0.6 is 11.6 Å². The molecule has 0 aliphatic heterocycles. The molecule has 0 fully saturated rings. The molecule has 0 saturated carbocycles. The molecule has 0 saturated heterocycles. The van der Waals surface area contributed by atoms with Gasteiger partial charge in [-0.05, 0) is 37.5 Å². The van der Waals surface area contributed by atoms with E-state index >= 15 is 0 Å². The number of H-pyrrole nitrogens is 1. The minimum atomic E-state index is -0.155. The summed E-state index contributed by atoms with van der Waals surface area (Å²) in [5.74, 6) is -0.155. The SMILES string of the molecule is N=C(N)N/N=C1\CCCc2[nH]c3ccc(Cl)cc3c21. The Balaban J connectivity index is 2.16. The van der Waals surface area contributed by atoms with Crippen molar-refractivity contribution in [3.8, 4) is 0 Å². The number of guanidine groups is 1. The first-order valence-corrected chi connectivity index (χ1v) is 6.50. The number of halogens is 1. The number of nitrogens with zero attached hydrogens (tertiary/aromatic N) is 1. The minimum absolute atomic E-state index is 0.155. The average molecular weight is 276 g/mol. The number of hydrazone groups is 1. The van der Waals surface area contributed by atoms with E-state index in [1.807, 2.05) is 18.2 Å². The molecule has 2 aromatic rings. The highest BCUT2D eigenvalue weighted by molar-refractivity contribution is 6.31. The van der Waals surface area contributed by atoms with Crippen LogP contribution in [0.5, 0.6) is 0 Å². The average Bonchev–Trinajstić information content (AvgIpc) is 2.74. The van der Waals surface area contributed by atoms with Crippen molar-refractivity contribution in [2.45, 2.75) is 19.3 Å². The van der Waals surface area contributed by atoms with Crippen LogP contribution in [-0.4, -0.2) is 16.7 Å². The van der Waals surface area contributed by atoms with Crippen LogP contribution in [0, 0.1) is 5.41 Å². The fourth-order valence-corrected chi connectivity index (χ4v) is 2.71. The van der Waals surface area contributed by atoms with E-state index in [2.05, 4.69) is 15.5 Å². The molecule has 19 heavy (non-hydrogen) atoms. The van der Waals surface area contributed by atoms with Crippen LogP contribution in [0.3, 0.4) is 0 Å². The van der Waals surface area contributed by atoms with Crippen LogP contribution in [0.4, 0.5) is 0 Å². The molecule has 1 heterocycles. The number of aromatic nitrogens is 1. The zero-order chi connectivity index (χ0) is 13.4. The zero-order valence-corrected chi connectivity index (χ0v) is 11.0. The van der Waals surface area contributed by atoms with Crippen molar-refractivity contribution in [2.75, 3.05) is 0 Å². The third-order valence-electron chi connectivity index (χ3n) is 3.28. The third kappa shape index (κ3) is 2.17. The number of aryl methyl sites for hydroxylation is 1. The van der Waals surface area contributed by atoms with E-state index in [9.17, 15) is 0 Å². The van der Waals surface area contributed by atoms with Crippen LogP contribution in [0.2, 0.25) is 5.02 Å². The van der Waals surface area contributed by atoms with Crippen molar-refractivity contribution in [1.29, 1.82) is 5.41 Å². The number of hydrogen-bond acceptors (Lipinski definition) is 2. The molecular weight excluding hydrogens is 262 g/mol. The van der Waals surface area contributed by atoms with Gasteiger partial charge in [-0.15, -0.1) is 0 Å². The van der Waals surface area contributed by atoms with E-state index in [0.29, 0.717) is 5.02 Å². The summed E-state index contributed by atoms with van der Waals surface area (Å²) in [7, 11) is 0. The van der Waals surface area contributed by atoms with Crippen molar-refractivity contribution in [1.82, 2.24) is 10.4 Å². The minimum Gasteiger partial charge on any atom is -0.369 e. The van der Waals surface area contributed by atoms with E-state index in [1.165, 1.54) is 5.69 Å². The van der Waals surface area contributed by atoms with Crippen molar-refractivity contribution in [3.05, 3.63) is 34.5 Å². The molecule has 0 unspecified atom stereocenters. The van der Waals surface area contributed by atoms with Gasteiger partial charge >= 0.3 is 0 Å². The Bertz CT molecular complexity index is 686. The zero-order valence-electron chi connectivity index (χ0n) is 10.3. The summed E-state index contributed by atoms with van der Waals surface area (Å²) in [5, 5.41) is 13.2. The number of rotatable bonds is 1. The molecule has 0 amide bonds. The number of benzene rings is 1. The fraction of sp³-hybridized carbons (Fsp3) is 0.231. The molecule has 6 heteroatoms. The second-order valence-electron chi connectivity index (χ2n) is 4.61. The molecule has 0 atom stereocenters. The standard InChI is InChI=1S/C13H14ClN5/c14-7-4-5-9-8(6-7)12-10(17-9)2-1-3-11(12)18-19-13(15)16/h4-6,17H,1-3H2,(H4,15,16,19)/b18-11+. The number of nitrogens with two attached hydrogens (primary N) is 1. The molecule has 5 nitrogen and oxygen atoms in total. The van der Waals surface area contributed by atoms with Gasteiger partial charge in [0.25, 0.3) is 0 Å². The van der Waals surface area contributed by atoms with Gasteiger partial charge < -0.3 is 10.7 Å². The van der Waals surface area contributed by atoms with Gasteiger partial charge in [0.1, 0.15) is 0 Å². The fourth-order valence-electron chi connectivity index (χ4n) is 2.53. The number of aromatic amines is 1. The molecule has 98 valence electrons. The van der Waals surface area contributed by atoms with Crippen molar-refractivity contribution in [2.24, 2.45) is 10.8 Å². The maximum atomic E-state index is 7.19. The van der Waals surface area contributed by atoms with E-state index in [-0.39, 0.29) is 5.96 Å². The molecule has 0 bridgehead atoms. The maximum absolute atomic E-state index is 7.19. The Labute approximate surface area is 115 Å². The summed E-state index contributed by atoms with van der Waals surface area (Å²) in [6.07, 6.45) is 2.90. The van der Waals surface area contributed by atoms with Crippen LogP contribution in [0.1, 0.15) is 24.1 Å². The quantitative estimate of drug-likeness (QED) is 0.365. The van der Waals surface area contributed by atoms with Gasteiger partial charge in [-0.25, -0.2) is 5.43 Å². The monoisotopic (exact) mass is 275 g/mol. The lowest BCUT2D eigenvalue weighted by Gasteiger charge is -2.14. The van der Waals surface area contributed by atoms with Crippen LogP contribution in [-0.2, 0) is 6.42 Å². The number of hydrogen-bond donors (Lipinski definition) is 4. The predicted molar refractivity (Wildman–Crippen MR) is 77.8 cm³/mol. The summed E-state index contributed by atoms with van der Waals surface area (Å²) in [6, 6.07) is 5.79. The van der Waals surface area contributed by atoms with Crippen molar-refractivity contribution >= 4 is 34.2 Å². The lowest BCUT2D eigenvalue weighted by Crippen LogP contribution is -2.27. The van der Waals surface area contributed by atoms with Crippen LogP contribution in [0.25, 0.3) is 10.9 Å². The van der Waals surface area contributed by atoms with Gasteiger partial charge in [0.05, 0.1) is 5.71 Å². The second kappa shape index (κ2) is 4.59. The Kier molecular flexibility index (Phi) is 2.91. The van der Waals surface area contributed by atoms with Crippen LogP contribution in [0.15, 0.2) is 23.3 Å². The molecule has 5 N–H and O–H groups in total. The van der Waals surface area contributed by atoms with Gasteiger partial charge in [0, 0.05) is 27.2 Å². The highest BCUT2D eigenvalue weighted by Gasteiger charge is 2.21. The molecule has 0 spiro atoms. The van der Waals surface area contributed by atoms with Gasteiger partial charge in [-0.2, -0.15) is 5.10 Å². The normalized spacial score (nSPS) is 16.6. The van der Waals surface area contributed by atoms with Crippen molar-refractivity contribution in [3.63, 3.8) is 0 Å². The van der Waals surface area contributed by atoms with Gasteiger partial charge in [-0.3, -0.25) is 5.41 Å². The van der Waals surface area contributed by atoms with E-state index in [0.717, 1.165) is 41.4 Å². The molecule has 1 aromatic heterocycles. The van der Waals surface area contributed by atoms with E-state index in [1.54, 1.807) is 0 Å². The first-order chi connectivity index (χ1) is 9.15. The number of fused-ring (bicyclic) bond motifs is 3. The molecule has 0 radical (unpaired) electrons. The second-order valence-corrected chi connectivity index (χ2v) is 5.04. The first-order valence-electron chi connectivity index (χ1n) is 6.12.